The van der Waals surface area contributed by atoms with Crippen LogP contribution in [0.4, 0.5) is 0 Å². The molecule has 2 aromatic carbocycles. The molecule has 2 aromatic rings. The van der Waals surface area contributed by atoms with Gasteiger partial charge in [-0.25, -0.2) is 0 Å². The van der Waals surface area contributed by atoms with Crippen LogP contribution >= 0.6 is 15.9 Å². The maximum Gasteiger partial charge on any atom is 0.242 e. The van der Waals surface area contributed by atoms with Gasteiger partial charge in [-0.1, -0.05) is 53.4 Å². The average molecular weight is 529 g/mol. The van der Waals surface area contributed by atoms with Crippen molar-refractivity contribution in [2.24, 2.45) is 0 Å². The maximum absolute atomic E-state index is 13.4. The number of nitrogens with one attached hydrogen (secondary N) is 1. The van der Waals surface area contributed by atoms with E-state index in [1.807, 2.05) is 49.4 Å². The van der Waals surface area contributed by atoms with Crippen LogP contribution in [0.2, 0.25) is 0 Å². The summed E-state index contributed by atoms with van der Waals surface area (Å²) in [6.07, 6.45) is 6.45. The van der Waals surface area contributed by atoms with Gasteiger partial charge in [0.05, 0.1) is 0 Å². The third-order valence-corrected chi connectivity index (χ3v) is 7.09. The largest absolute Gasteiger partial charge is 0.486 e. The Balaban J connectivity index is 1.44. The van der Waals surface area contributed by atoms with Crippen molar-refractivity contribution in [3.05, 3.63) is 58.1 Å². The second-order valence-electron chi connectivity index (χ2n) is 9.15. The monoisotopic (exact) mass is 528 g/mol. The van der Waals surface area contributed by atoms with Gasteiger partial charge in [-0.3, -0.25) is 9.59 Å². The molecule has 1 atom stereocenters. The predicted octanol–water partition coefficient (Wildman–Crippen LogP) is 5.02. The number of halogens is 1. The van der Waals surface area contributed by atoms with Crippen molar-refractivity contribution in [3.63, 3.8) is 0 Å². The van der Waals surface area contributed by atoms with Crippen molar-refractivity contribution in [2.75, 3.05) is 13.2 Å². The van der Waals surface area contributed by atoms with Crippen LogP contribution in [0.3, 0.4) is 0 Å². The summed E-state index contributed by atoms with van der Waals surface area (Å²) in [5.74, 6) is 1.35. The van der Waals surface area contributed by atoms with E-state index in [0.29, 0.717) is 32.6 Å². The van der Waals surface area contributed by atoms with E-state index in [1.54, 1.807) is 4.90 Å². The molecule has 1 aliphatic heterocycles. The molecule has 0 unspecified atom stereocenters. The van der Waals surface area contributed by atoms with Gasteiger partial charge in [0.25, 0.3) is 0 Å². The van der Waals surface area contributed by atoms with Gasteiger partial charge in [-0.05, 0) is 61.6 Å². The summed E-state index contributed by atoms with van der Waals surface area (Å²) in [6, 6.07) is 13.4. The fourth-order valence-corrected chi connectivity index (χ4v) is 5.07. The highest BCUT2D eigenvalue weighted by atomic mass is 79.9. The number of hydrogen-bond donors (Lipinski definition) is 1. The van der Waals surface area contributed by atoms with Gasteiger partial charge in [0.1, 0.15) is 19.3 Å². The molecule has 34 heavy (non-hydrogen) atoms. The van der Waals surface area contributed by atoms with Crippen LogP contribution in [0, 0.1) is 0 Å². The lowest BCUT2D eigenvalue weighted by atomic mass is 9.95. The summed E-state index contributed by atoms with van der Waals surface area (Å²) in [5.41, 5.74) is 2.00. The highest BCUT2D eigenvalue weighted by Crippen LogP contribution is 2.31. The summed E-state index contributed by atoms with van der Waals surface area (Å²) < 4.78 is 12.2. The number of aryl methyl sites for hydroxylation is 1. The molecule has 2 aliphatic rings. The quantitative estimate of drug-likeness (QED) is 0.522. The van der Waals surface area contributed by atoms with Gasteiger partial charge in [0.15, 0.2) is 11.5 Å². The van der Waals surface area contributed by atoms with E-state index in [1.165, 1.54) is 6.42 Å². The van der Waals surface area contributed by atoms with Crippen LogP contribution in [0.15, 0.2) is 46.9 Å². The number of benzene rings is 2. The van der Waals surface area contributed by atoms with Crippen LogP contribution in [-0.2, 0) is 22.6 Å². The Morgan fingerprint density at radius 3 is 2.56 bits per heavy atom. The van der Waals surface area contributed by atoms with Crippen molar-refractivity contribution in [1.82, 2.24) is 10.2 Å². The summed E-state index contributed by atoms with van der Waals surface area (Å²) in [4.78, 5) is 28.2. The van der Waals surface area contributed by atoms with Crippen molar-refractivity contribution < 1.29 is 19.1 Å². The van der Waals surface area contributed by atoms with E-state index in [0.717, 1.165) is 52.8 Å². The van der Waals surface area contributed by atoms with Gasteiger partial charge in [-0.2, -0.15) is 0 Å². The summed E-state index contributed by atoms with van der Waals surface area (Å²) in [6.45, 7) is 3.30. The van der Waals surface area contributed by atoms with Gasteiger partial charge < -0.3 is 19.7 Å². The molecule has 0 bridgehead atoms. The fourth-order valence-electron chi connectivity index (χ4n) is 4.62. The molecule has 0 aromatic heterocycles. The summed E-state index contributed by atoms with van der Waals surface area (Å²) >= 11 is 3.51. The van der Waals surface area contributed by atoms with Gasteiger partial charge in [0, 0.05) is 23.5 Å². The minimum atomic E-state index is -0.548. The third-order valence-electron chi connectivity index (χ3n) is 6.59. The van der Waals surface area contributed by atoms with Crippen LogP contribution in [0.1, 0.15) is 56.6 Å². The number of ether oxygens (including phenoxy) is 2. The SMILES string of the molecule is C[C@@H](C(=O)NC1CCCCC1)N(Cc1cccc(Br)c1)C(=O)CCc1ccc2c(c1)OCCO2. The normalized spacial score (nSPS) is 16.5. The molecule has 1 saturated carbocycles. The lowest BCUT2D eigenvalue weighted by Crippen LogP contribution is -2.50. The van der Waals surface area contributed by atoms with Gasteiger partial charge in [0.2, 0.25) is 11.8 Å². The van der Waals surface area contributed by atoms with E-state index in [2.05, 4.69) is 21.2 Å². The zero-order chi connectivity index (χ0) is 23.9. The third kappa shape index (κ3) is 6.53. The van der Waals surface area contributed by atoms with Crippen LogP contribution in [0.25, 0.3) is 0 Å². The molecule has 6 nitrogen and oxygen atoms in total. The molecule has 0 spiro atoms. The first-order chi connectivity index (χ1) is 16.5. The minimum Gasteiger partial charge on any atom is -0.486 e. The molecule has 2 amide bonds. The highest BCUT2D eigenvalue weighted by Gasteiger charge is 2.28. The summed E-state index contributed by atoms with van der Waals surface area (Å²) in [5, 5.41) is 3.19. The predicted molar refractivity (Wildman–Crippen MR) is 135 cm³/mol. The number of rotatable bonds is 8. The smallest absolute Gasteiger partial charge is 0.242 e. The van der Waals surface area contributed by atoms with E-state index < -0.39 is 6.04 Å². The number of carbonyl (C=O) groups excluding carboxylic acids is 2. The number of nitrogens with zero attached hydrogens (tertiary/aromatic N) is 1. The van der Waals surface area contributed by atoms with Crippen molar-refractivity contribution in [3.8, 4) is 11.5 Å². The number of fused-ring (bicyclic) bond motifs is 1. The summed E-state index contributed by atoms with van der Waals surface area (Å²) in [7, 11) is 0. The van der Waals surface area contributed by atoms with Crippen molar-refractivity contribution in [1.29, 1.82) is 0 Å². The van der Waals surface area contributed by atoms with Gasteiger partial charge >= 0.3 is 0 Å². The first-order valence-electron chi connectivity index (χ1n) is 12.2. The molecular formula is C27H33BrN2O4. The molecule has 0 saturated heterocycles. The Morgan fingerprint density at radius 2 is 1.79 bits per heavy atom. The van der Waals surface area contributed by atoms with Crippen molar-refractivity contribution in [2.45, 2.75) is 70.5 Å². The van der Waals surface area contributed by atoms with Gasteiger partial charge in [-0.15, -0.1) is 0 Å². The Bertz CT molecular complexity index is 1010. The van der Waals surface area contributed by atoms with Crippen LogP contribution < -0.4 is 14.8 Å². The molecule has 7 heteroatoms. The zero-order valence-electron chi connectivity index (χ0n) is 19.7. The topological polar surface area (TPSA) is 67.9 Å². The Morgan fingerprint density at radius 1 is 1.03 bits per heavy atom. The minimum absolute atomic E-state index is 0.0406. The van der Waals surface area contributed by atoms with Crippen LogP contribution in [0.5, 0.6) is 11.5 Å². The molecule has 4 rings (SSSR count). The first kappa shape index (κ1) is 24.6. The number of carbonyl (C=O) groups is 2. The highest BCUT2D eigenvalue weighted by molar-refractivity contribution is 9.10. The second kappa shape index (κ2) is 11.7. The van der Waals surface area contributed by atoms with Crippen LogP contribution in [-0.4, -0.2) is 42.0 Å². The van der Waals surface area contributed by atoms with Crippen molar-refractivity contribution >= 4 is 27.7 Å². The fraction of sp³-hybridized carbons (Fsp3) is 0.481. The molecule has 1 fully saturated rings. The Kier molecular flexibility index (Phi) is 8.48. The molecular weight excluding hydrogens is 496 g/mol. The van der Waals surface area contributed by atoms with E-state index in [4.69, 9.17) is 9.47 Å². The average Bonchev–Trinajstić information content (AvgIpc) is 2.86. The maximum atomic E-state index is 13.4. The lowest BCUT2D eigenvalue weighted by Gasteiger charge is -2.31. The molecule has 1 heterocycles. The Hall–Kier alpha value is -2.54. The zero-order valence-corrected chi connectivity index (χ0v) is 21.3. The Labute approximate surface area is 210 Å². The van der Waals surface area contributed by atoms with E-state index in [-0.39, 0.29) is 17.9 Å². The number of hydrogen-bond acceptors (Lipinski definition) is 4. The van der Waals surface area contributed by atoms with E-state index in [9.17, 15) is 9.59 Å². The molecule has 1 aliphatic carbocycles. The standard InChI is InChI=1S/C27H33BrN2O4/c1-19(27(32)29-23-8-3-2-4-9-23)30(18-21-6-5-7-22(28)16-21)26(31)13-11-20-10-12-24-25(17-20)34-15-14-33-24/h5-7,10,12,16-17,19,23H,2-4,8-9,11,13-15,18H2,1H3,(H,29,32)/t19-/m0/s1. The second-order valence-corrected chi connectivity index (χ2v) is 10.1. The van der Waals surface area contributed by atoms with E-state index >= 15 is 0 Å². The first-order valence-corrected chi connectivity index (χ1v) is 13.0. The molecule has 182 valence electrons. The molecule has 1 N–H and O–H groups in total. The lowest BCUT2D eigenvalue weighted by molar-refractivity contribution is -0.141. The molecule has 0 radical (unpaired) electrons. The number of amides is 2.